The van der Waals surface area contributed by atoms with Crippen molar-refractivity contribution < 1.29 is 9.72 Å². The van der Waals surface area contributed by atoms with Gasteiger partial charge in [0.2, 0.25) is 0 Å². The summed E-state index contributed by atoms with van der Waals surface area (Å²) in [7, 11) is 0. The maximum absolute atomic E-state index is 13.9. The molecule has 0 unspecified atom stereocenters. The Morgan fingerprint density at radius 1 is 0.816 bits per heavy atom. The summed E-state index contributed by atoms with van der Waals surface area (Å²) in [6.07, 6.45) is 0. The van der Waals surface area contributed by atoms with Crippen molar-refractivity contribution in [2.45, 2.75) is 19.9 Å². The fourth-order valence-electron chi connectivity index (χ4n) is 4.35. The Bertz CT molecular complexity index is 1550. The van der Waals surface area contributed by atoms with E-state index >= 15 is 0 Å². The molecule has 1 aromatic heterocycles. The zero-order valence-electron chi connectivity index (χ0n) is 21.0. The van der Waals surface area contributed by atoms with E-state index in [0.717, 1.165) is 27.8 Å². The molecule has 4 aromatic carbocycles. The highest BCUT2D eigenvalue weighted by molar-refractivity contribution is 5.95. The number of nitrogens with one attached hydrogen (secondary N) is 1. The molecule has 0 spiro atoms. The number of nitro benzene ring substituents is 1. The predicted molar refractivity (Wildman–Crippen MR) is 147 cm³/mol. The molecule has 1 amide bonds. The highest BCUT2D eigenvalue weighted by atomic mass is 16.6. The Balaban J connectivity index is 1.58. The maximum atomic E-state index is 13.9. The molecule has 0 saturated carbocycles. The molecule has 0 atom stereocenters. The van der Waals surface area contributed by atoms with E-state index in [4.69, 9.17) is 5.10 Å². The number of non-ortho nitro benzene ring substituents is 1. The minimum absolute atomic E-state index is 0.0329. The molecule has 0 saturated heterocycles. The molecule has 1 heterocycles. The van der Waals surface area contributed by atoms with E-state index in [-0.39, 0.29) is 17.6 Å². The van der Waals surface area contributed by atoms with Crippen LogP contribution in [0.2, 0.25) is 0 Å². The monoisotopic (exact) mass is 502 g/mol. The Morgan fingerprint density at radius 3 is 1.97 bits per heavy atom. The third-order valence-electron chi connectivity index (χ3n) is 6.59. The largest absolute Gasteiger partial charge is 0.340 e. The second-order valence-corrected chi connectivity index (χ2v) is 9.13. The molecule has 5 rings (SSSR count). The van der Waals surface area contributed by atoms with Gasteiger partial charge in [-0.1, -0.05) is 72.8 Å². The molecule has 1 N–H and O–H groups in total. The summed E-state index contributed by atoms with van der Waals surface area (Å²) in [5, 5.41) is 19.1. The van der Waals surface area contributed by atoms with Crippen LogP contribution in [0.4, 0.5) is 5.69 Å². The fourth-order valence-corrected chi connectivity index (χ4v) is 4.35. The predicted octanol–water partition coefficient (Wildman–Crippen LogP) is 6.58. The van der Waals surface area contributed by atoms with Crippen molar-refractivity contribution in [3.05, 3.63) is 147 Å². The van der Waals surface area contributed by atoms with Crippen molar-refractivity contribution in [3.63, 3.8) is 0 Å². The van der Waals surface area contributed by atoms with E-state index in [1.54, 1.807) is 18.2 Å². The number of aromatic nitrogens is 2. The summed E-state index contributed by atoms with van der Waals surface area (Å²) in [6, 6.07) is 33.0. The second-order valence-electron chi connectivity index (χ2n) is 9.13. The van der Waals surface area contributed by atoms with Crippen LogP contribution >= 0.6 is 0 Å². The highest BCUT2D eigenvalue weighted by Crippen LogP contribution is 2.27. The molecule has 0 fully saturated rings. The quantitative estimate of drug-likeness (QED) is 0.201. The lowest BCUT2D eigenvalue weighted by atomic mass is 9.98. The molecule has 0 aliphatic rings. The molecular weight excluding hydrogens is 476 g/mol. The summed E-state index contributed by atoms with van der Waals surface area (Å²) in [6.45, 7) is 4.07. The van der Waals surface area contributed by atoms with Crippen LogP contribution in [0, 0.1) is 24.0 Å². The van der Waals surface area contributed by atoms with Gasteiger partial charge in [-0.25, -0.2) is 4.68 Å². The number of nitrogens with zero attached hydrogens (tertiary/aromatic N) is 3. The summed E-state index contributed by atoms with van der Waals surface area (Å²) >= 11 is 0. The lowest BCUT2D eigenvalue weighted by molar-refractivity contribution is -0.384. The molecule has 5 aromatic rings. The summed E-state index contributed by atoms with van der Waals surface area (Å²) in [5.41, 5.74) is 6.52. The van der Waals surface area contributed by atoms with Crippen LogP contribution in [-0.2, 0) is 0 Å². The summed E-state index contributed by atoms with van der Waals surface area (Å²) in [4.78, 5) is 24.6. The van der Waals surface area contributed by atoms with Crippen molar-refractivity contribution in [2.75, 3.05) is 0 Å². The second kappa shape index (κ2) is 10.5. The molecule has 7 nitrogen and oxygen atoms in total. The van der Waals surface area contributed by atoms with E-state index in [0.29, 0.717) is 17.1 Å². The minimum Gasteiger partial charge on any atom is -0.340 e. The third kappa shape index (κ3) is 5.08. The van der Waals surface area contributed by atoms with E-state index < -0.39 is 4.92 Å². The first kappa shape index (κ1) is 24.6. The SMILES string of the molecule is Cc1ccc(-c2cc(C(=O)NC(c3ccccc3)c3ccccc3)n(-c3ccc([N+](=O)[O-])cc3)n2)cc1C. The van der Waals surface area contributed by atoms with Crippen LogP contribution in [0.3, 0.4) is 0 Å². The first-order chi connectivity index (χ1) is 18.4. The van der Waals surface area contributed by atoms with Crippen molar-refractivity contribution >= 4 is 11.6 Å². The Morgan fingerprint density at radius 2 is 1.42 bits per heavy atom. The summed E-state index contributed by atoms with van der Waals surface area (Å²) < 4.78 is 1.54. The number of hydrogen-bond donors (Lipinski definition) is 1. The van der Waals surface area contributed by atoms with Crippen LogP contribution in [-0.4, -0.2) is 20.6 Å². The smallest absolute Gasteiger partial charge is 0.270 e. The van der Waals surface area contributed by atoms with Crippen molar-refractivity contribution in [3.8, 4) is 16.9 Å². The van der Waals surface area contributed by atoms with Gasteiger partial charge >= 0.3 is 0 Å². The zero-order chi connectivity index (χ0) is 26.6. The van der Waals surface area contributed by atoms with Gasteiger partial charge in [-0.2, -0.15) is 5.10 Å². The molecule has 0 aliphatic heterocycles. The van der Waals surface area contributed by atoms with Gasteiger partial charge in [-0.15, -0.1) is 0 Å². The normalized spacial score (nSPS) is 10.9. The van der Waals surface area contributed by atoms with E-state index in [9.17, 15) is 14.9 Å². The Kier molecular flexibility index (Phi) is 6.82. The molecule has 7 heteroatoms. The van der Waals surface area contributed by atoms with Crippen LogP contribution in [0.15, 0.2) is 109 Å². The fraction of sp³-hybridized carbons (Fsp3) is 0.0968. The number of hydrogen-bond acceptors (Lipinski definition) is 4. The summed E-state index contributed by atoms with van der Waals surface area (Å²) in [5.74, 6) is -0.316. The lowest BCUT2D eigenvalue weighted by Crippen LogP contribution is -2.31. The highest BCUT2D eigenvalue weighted by Gasteiger charge is 2.23. The number of carbonyl (C=O) groups excluding carboxylic acids is 1. The number of nitro groups is 1. The maximum Gasteiger partial charge on any atom is 0.270 e. The molecule has 188 valence electrons. The first-order valence-corrected chi connectivity index (χ1v) is 12.2. The molecule has 38 heavy (non-hydrogen) atoms. The van der Waals surface area contributed by atoms with Crippen molar-refractivity contribution in [2.24, 2.45) is 0 Å². The van der Waals surface area contributed by atoms with Gasteiger partial charge < -0.3 is 5.32 Å². The van der Waals surface area contributed by atoms with Crippen molar-refractivity contribution in [1.29, 1.82) is 0 Å². The Labute approximate surface area is 220 Å². The van der Waals surface area contributed by atoms with Crippen LogP contribution in [0.25, 0.3) is 16.9 Å². The average molecular weight is 503 g/mol. The minimum atomic E-state index is -0.453. The van der Waals surface area contributed by atoms with Gasteiger partial charge in [0.05, 0.1) is 22.3 Å². The number of benzene rings is 4. The number of carbonyl (C=O) groups is 1. The number of amides is 1. The van der Waals surface area contributed by atoms with E-state index in [2.05, 4.69) is 5.32 Å². The van der Waals surface area contributed by atoms with Gasteiger partial charge in [0, 0.05) is 17.7 Å². The Hall–Kier alpha value is -5.04. The molecular formula is C31H26N4O3. The standard InChI is InChI=1S/C31H26N4O3/c1-21-13-14-25(19-22(21)2)28-20-29(34(33-28)26-15-17-27(18-16-26)35(37)38)31(36)32-30(23-9-5-3-6-10-23)24-11-7-4-8-12-24/h3-20,30H,1-2H3,(H,32,36). The van der Waals surface area contributed by atoms with Crippen LogP contribution in [0.1, 0.15) is 38.8 Å². The van der Waals surface area contributed by atoms with Crippen LogP contribution in [0.5, 0.6) is 0 Å². The zero-order valence-corrected chi connectivity index (χ0v) is 21.0. The number of aryl methyl sites for hydroxylation is 2. The molecule has 0 aliphatic carbocycles. The first-order valence-electron chi connectivity index (χ1n) is 12.2. The third-order valence-corrected chi connectivity index (χ3v) is 6.59. The van der Waals surface area contributed by atoms with Gasteiger partial charge in [0.25, 0.3) is 11.6 Å². The van der Waals surface area contributed by atoms with Crippen LogP contribution < -0.4 is 5.32 Å². The average Bonchev–Trinajstić information content (AvgIpc) is 3.40. The number of rotatable bonds is 7. The van der Waals surface area contributed by atoms with Gasteiger partial charge in [0.1, 0.15) is 5.69 Å². The topological polar surface area (TPSA) is 90.1 Å². The molecule has 0 radical (unpaired) electrons. The van der Waals surface area contributed by atoms with Gasteiger partial charge in [0.15, 0.2) is 0 Å². The van der Waals surface area contributed by atoms with Gasteiger partial charge in [-0.05, 0) is 60.4 Å². The lowest BCUT2D eigenvalue weighted by Gasteiger charge is -2.20. The van der Waals surface area contributed by atoms with E-state index in [1.165, 1.54) is 16.8 Å². The van der Waals surface area contributed by atoms with Gasteiger partial charge in [-0.3, -0.25) is 14.9 Å². The van der Waals surface area contributed by atoms with Crippen molar-refractivity contribution in [1.82, 2.24) is 15.1 Å². The molecule has 0 bridgehead atoms. The van der Waals surface area contributed by atoms with E-state index in [1.807, 2.05) is 92.7 Å².